The Morgan fingerprint density at radius 1 is 0.913 bits per heavy atom. The van der Waals surface area contributed by atoms with Gasteiger partial charge in [0.25, 0.3) is 0 Å². The molecule has 1 heterocycles. The van der Waals surface area contributed by atoms with Crippen molar-refractivity contribution < 1.29 is 8.78 Å². The topological polar surface area (TPSA) is 37.8 Å². The first-order valence-electron chi connectivity index (χ1n) is 6.89. The summed E-state index contributed by atoms with van der Waals surface area (Å²) in [6.45, 7) is 0.397. The van der Waals surface area contributed by atoms with Gasteiger partial charge in [-0.2, -0.15) is 0 Å². The molecule has 6 heteroatoms. The van der Waals surface area contributed by atoms with Crippen LogP contribution in [-0.4, -0.2) is 9.97 Å². The molecule has 0 unspecified atom stereocenters. The van der Waals surface area contributed by atoms with Gasteiger partial charge in [0.15, 0.2) is 5.82 Å². The van der Waals surface area contributed by atoms with Crippen molar-refractivity contribution in [3.8, 4) is 11.4 Å². The fourth-order valence-corrected chi connectivity index (χ4v) is 2.26. The van der Waals surface area contributed by atoms with Crippen LogP contribution < -0.4 is 5.32 Å². The van der Waals surface area contributed by atoms with E-state index in [1.54, 1.807) is 30.3 Å². The fraction of sp³-hybridized carbons (Fsp3) is 0.0588. The molecule has 116 valence electrons. The number of aromatic nitrogens is 2. The molecular weight excluding hydrogens is 320 g/mol. The molecule has 3 rings (SSSR count). The molecule has 0 aliphatic carbocycles. The first kappa shape index (κ1) is 15.4. The Morgan fingerprint density at radius 3 is 2.43 bits per heavy atom. The highest BCUT2D eigenvalue weighted by Crippen LogP contribution is 2.21. The molecule has 0 radical (unpaired) electrons. The van der Waals surface area contributed by atoms with Crippen molar-refractivity contribution in [2.45, 2.75) is 6.54 Å². The second kappa shape index (κ2) is 6.71. The average Bonchev–Trinajstić information content (AvgIpc) is 2.53. The summed E-state index contributed by atoms with van der Waals surface area (Å²) < 4.78 is 26.2. The Morgan fingerprint density at radius 2 is 1.70 bits per heavy atom. The van der Waals surface area contributed by atoms with E-state index in [1.807, 2.05) is 0 Å². The van der Waals surface area contributed by atoms with Gasteiger partial charge in [0.05, 0.1) is 0 Å². The molecule has 0 amide bonds. The quantitative estimate of drug-likeness (QED) is 0.705. The third-order valence-electron chi connectivity index (χ3n) is 3.16. The summed E-state index contributed by atoms with van der Waals surface area (Å²) in [5, 5.41) is 3.34. The van der Waals surface area contributed by atoms with Crippen molar-refractivity contribution in [3.63, 3.8) is 0 Å². The van der Waals surface area contributed by atoms with Crippen LogP contribution in [0.25, 0.3) is 11.4 Å². The first-order chi connectivity index (χ1) is 11.1. The molecule has 0 atom stereocenters. The second-order valence-corrected chi connectivity index (χ2v) is 5.28. The van der Waals surface area contributed by atoms with Crippen LogP contribution in [0.1, 0.15) is 5.56 Å². The minimum Gasteiger partial charge on any atom is -0.366 e. The third kappa shape index (κ3) is 4.02. The minimum absolute atomic E-state index is 0.265. The van der Waals surface area contributed by atoms with E-state index in [2.05, 4.69) is 15.3 Å². The van der Waals surface area contributed by atoms with E-state index in [9.17, 15) is 8.78 Å². The molecule has 0 aliphatic heterocycles. The van der Waals surface area contributed by atoms with Gasteiger partial charge in [-0.1, -0.05) is 23.7 Å². The monoisotopic (exact) mass is 331 g/mol. The predicted octanol–water partition coefficient (Wildman–Crippen LogP) is 4.69. The van der Waals surface area contributed by atoms with Crippen LogP contribution in [0, 0.1) is 11.6 Å². The molecule has 3 aromatic rings. The summed E-state index contributed by atoms with van der Waals surface area (Å²) in [6, 6.07) is 13.7. The van der Waals surface area contributed by atoms with E-state index in [-0.39, 0.29) is 16.8 Å². The van der Waals surface area contributed by atoms with Crippen LogP contribution in [0.5, 0.6) is 0 Å². The second-order valence-electron chi connectivity index (χ2n) is 4.89. The lowest BCUT2D eigenvalue weighted by Gasteiger charge is -2.08. The van der Waals surface area contributed by atoms with Crippen molar-refractivity contribution in [3.05, 3.63) is 76.9 Å². The van der Waals surface area contributed by atoms with Gasteiger partial charge in [-0.05, 0) is 42.0 Å². The highest BCUT2D eigenvalue weighted by Gasteiger charge is 2.06. The van der Waals surface area contributed by atoms with Gasteiger partial charge in [-0.15, -0.1) is 0 Å². The number of nitrogens with one attached hydrogen (secondary N) is 1. The van der Waals surface area contributed by atoms with E-state index in [4.69, 9.17) is 11.6 Å². The van der Waals surface area contributed by atoms with E-state index >= 15 is 0 Å². The Bertz CT molecular complexity index is 822. The van der Waals surface area contributed by atoms with Crippen LogP contribution in [0.3, 0.4) is 0 Å². The SMILES string of the molecule is Fc1ccc(-c2nc(Cl)cc(NCc3cccc(F)c3)n2)cc1. The first-order valence-corrected chi connectivity index (χ1v) is 7.27. The van der Waals surface area contributed by atoms with Crippen molar-refractivity contribution in [2.24, 2.45) is 0 Å². The Hall–Kier alpha value is -2.53. The van der Waals surface area contributed by atoms with Crippen LogP contribution >= 0.6 is 11.6 Å². The minimum atomic E-state index is -0.333. The van der Waals surface area contributed by atoms with Gasteiger partial charge in [0.1, 0.15) is 22.6 Å². The zero-order valence-electron chi connectivity index (χ0n) is 11.9. The summed E-state index contributed by atoms with van der Waals surface area (Å²) >= 11 is 6.01. The van der Waals surface area contributed by atoms with Crippen molar-refractivity contribution >= 4 is 17.4 Å². The maximum absolute atomic E-state index is 13.2. The van der Waals surface area contributed by atoms with Gasteiger partial charge in [0.2, 0.25) is 0 Å². The van der Waals surface area contributed by atoms with E-state index in [1.165, 1.54) is 24.3 Å². The normalized spacial score (nSPS) is 10.6. The maximum atomic E-state index is 13.2. The van der Waals surface area contributed by atoms with E-state index in [0.29, 0.717) is 23.8 Å². The van der Waals surface area contributed by atoms with Crippen molar-refractivity contribution in [1.29, 1.82) is 0 Å². The molecule has 0 fully saturated rings. The van der Waals surface area contributed by atoms with Gasteiger partial charge in [-0.3, -0.25) is 0 Å². The number of hydrogen-bond donors (Lipinski definition) is 1. The maximum Gasteiger partial charge on any atom is 0.163 e. The Kier molecular flexibility index (Phi) is 4.48. The lowest BCUT2D eigenvalue weighted by molar-refractivity contribution is 0.625. The van der Waals surface area contributed by atoms with Crippen LogP contribution in [0.15, 0.2) is 54.6 Å². The molecule has 0 spiro atoms. The molecule has 0 bridgehead atoms. The highest BCUT2D eigenvalue weighted by molar-refractivity contribution is 6.29. The summed E-state index contributed by atoms with van der Waals surface area (Å²) in [4.78, 5) is 8.48. The Balaban J connectivity index is 1.81. The zero-order valence-corrected chi connectivity index (χ0v) is 12.7. The van der Waals surface area contributed by atoms with Crippen molar-refractivity contribution in [1.82, 2.24) is 9.97 Å². The van der Waals surface area contributed by atoms with Crippen LogP contribution in [-0.2, 0) is 6.54 Å². The van der Waals surface area contributed by atoms with Crippen LogP contribution in [0.2, 0.25) is 5.15 Å². The van der Waals surface area contributed by atoms with Gasteiger partial charge in [-0.25, -0.2) is 18.7 Å². The highest BCUT2D eigenvalue weighted by atomic mass is 35.5. The summed E-state index contributed by atoms with van der Waals surface area (Å²) in [5.41, 5.74) is 1.44. The number of hydrogen-bond acceptors (Lipinski definition) is 3. The standard InChI is InChI=1S/C17H12ClF2N3/c18-15-9-16(21-10-11-2-1-3-14(20)8-11)23-17(22-15)12-4-6-13(19)7-5-12/h1-9H,10H2,(H,21,22,23). The molecule has 0 saturated heterocycles. The van der Waals surface area contributed by atoms with Gasteiger partial charge in [0, 0.05) is 18.2 Å². The van der Waals surface area contributed by atoms with E-state index in [0.717, 1.165) is 5.56 Å². The molecule has 23 heavy (non-hydrogen) atoms. The molecule has 3 nitrogen and oxygen atoms in total. The lowest BCUT2D eigenvalue weighted by atomic mass is 10.2. The largest absolute Gasteiger partial charge is 0.366 e. The lowest BCUT2D eigenvalue weighted by Crippen LogP contribution is -2.03. The molecule has 2 aromatic carbocycles. The van der Waals surface area contributed by atoms with Gasteiger partial charge < -0.3 is 5.32 Å². The number of halogens is 3. The number of nitrogens with zero attached hydrogens (tertiary/aromatic N) is 2. The van der Waals surface area contributed by atoms with Crippen molar-refractivity contribution in [2.75, 3.05) is 5.32 Å². The number of benzene rings is 2. The molecule has 0 aliphatic rings. The Labute approximate surface area is 137 Å². The zero-order chi connectivity index (χ0) is 16.2. The summed E-state index contributed by atoms with van der Waals surface area (Å²) in [5.74, 6) is 0.269. The molecule has 1 N–H and O–H groups in total. The average molecular weight is 332 g/mol. The van der Waals surface area contributed by atoms with Crippen LogP contribution in [0.4, 0.5) is 14.6 Å². The smallest absolute Gasteiger partial charge is 0.163 e. The van der Waals surface area contributed by atoms with E-state index < -0.39 is 0 Å². The summed E-state index contributed by atoms with van der Waals surface area (Å²) in [6.07, 6.45) is 0. The molecule has 0 saturated carbocycles. The number of anilines is 1. The molecular formula is C17H12ClF2N3. The third-order valence-corrected chi connectivity index (χ3v) is 3.35. The summed E-state index contributed by atoms with van der Waals surface area (Å²) in [7, 11) is 0. The predicted molar refractivity (Wildman–Crippen MR) is 86.2 cm³/mol. The van der Waals surface area contributed by atoms with Gasteiger partial charge >= 0.3 is 0 Å². The number of rotatable bonds is 4. The fourth-order valence-electron chi connectivity index (χ4n) is 2.08. The molecule has 1 aromatic heterocycles.